The molecule has 2 nitrogen and oxygen atoms in total. The van der Waals surface area contributed by atoms with E-state index in [9.17, 15) is 13.2 Å². The third-order valence-corrected chi connectivity index (χ3v) is 3.22. The van der Waals surface area contributed by atoms with Crippen molar-refractivity contribution >= 4 is 5.71 Å². The number of rotatable bonds is 4. The number of aryl methyl sites for hydroxylation is 1. The number of halogens is 3. The highest BCUT2D eigenvalue weighted by Crippen LogP contribution is 2.27. The van der Waals surface area contributed by atoms with Crippen LogP contribution in [0.5, 0.6) is 0 Å². The summed E-state index contributed by atoms with van der Waals surface area (Å²) in [6, 6.07) is 5.07. The number of unbranched alkanes of at least 4 members (excludes halogenated alkanes) is 1. The lowest BCUT2D eigenvalue weighted by molar-refractivity contribution is -0.0924. The minimum Gasteiger partial charge on any atom is -0.392 e. The van der Waals surface area contributed by atoms with Gasteiger partial charge in [-0.1, -0.05) is 51.0 Å². The zero-order valence-electron chi connectivity index (χ0n) is 14.5. The molecule has 1 aromatic carbocycles. The van der Waals surface area contributed by atoms with Crippen LogP contribution in [0, 0.1) is 6.92 Å². The maximum Gasteiger partial charge on any atom is 0.433 e. The number of allylic oxidation sites excluding steroid dienone is 2. The molecule has 0 saturated heterocycles. The Bertz CT molecular complexity index is 544. The Morgan fingerprint density at radius 1 is 1.22 bits per heavy atom. The largest absolute Gasteiger partial charge is 0.433 e. The van der Waals surface area contributed by atoms with Crippen molar-refractivity contribution in [2.75, 3.05) is 0 Å². The predicted molar refractivity (Wildman–Crippen MR) is 89.7 cm³/mol. The van der Waals surface area contributed by atoms with Gasteiger partial charge in [-0.2, -0.15) is 13.2 Å². The maximum absolute atomic E-state index is 12.6. The summed E-state index contributed by atoms with van der Waals surface area (Å²) in [6.45, 7) is 8.88. The van der Waals surface area contributed by atoms with Gasteiger partial charge in [0.05, 0.1) is 6.61 Å². The van der Waals surface area contributed by atoms with Crippen LogP contribution in [0.25, 0.3) is 0 Å². The highest BCUT2D eigenvalue weighted by Gasteiger charge is 2.33. The molecular formula is C18H26F3NO. The normalized spacial score (nSPS) is 12.7. The Morgan fingerprint density at radius 2 is 1.78 bits per heavy atom. The van der Waals surface area contributed by atoms with Crippen molar-refractivity contribution in [2.24, 2.45) is 4.99 Å². The van der Waals surface area contributed by atoms with E-state index in [-0.39, 0.29) is 6.61 Å². The quantitative estimate of drug-likeness (QED) is 0.720. The van der Waals surface area contributed by atoms with Crippen molar-refractivity contribution < 1.29 is 18.3 Å². The van der Waals surface area contributed by atoms with Gasteiger partial charge in [-0.3, -0.25) is 0 Å². The first-order valence-corrected chi connectivity index (χ1v) is 7.70. The van der Waals surface area contributed by atoms with Gasteiger partial charge in [0.25, 0.3) is 0 Å². The maximum atomic E-state index is 12.6. The van der Waals surface area contributed by atoms with Crippen molar-refractivity contribution in [2.45, 2.75) is 60.2 Å². The first-order chi connectivity index (χ1) is 10.7. The fourth-order valence-electron chi connectivity index (χ4n) is 1.76. The van der Waals surface area contributed by atoms with E-state index in [1.807, 2.05) is 0 Å². The van der Waals surface area contributed by atoms with Crippen LogP contribution in [-0.2, 0) is 6.61 Å². The van der Waals surface area contributed by atoms with Crippen LogP contribution < -0.4 is 0 Å². The fraction of sp³-hybridized carbons (Fsp3) is 0.500. The lowest BCUT2D eigenvalue weighted by atomic mass is 10.0. The molecule has 0 fully saturated rings. The van der Waals surface area contributed by atoms with E-state index in [4.69, 9.17) is 5.11 Å². The molecule has 0 amide bonds. The van der Waals surface area contributed by atoms with Crippen molar-refractivity contribution in [1.29, 1.82) is 0 Å². The molecule has 0 bridgehead atoms. The first-order valence-electron chi connectivity index (χ1n) is 7.70. The van der Waals surface area contributed by atoms with Gasteiger partial charge in [-0.25, -0.2) is 4.99 Å². The molecule has 0 aliphatic rings. The van der Waals surface area contributed by atoms with Crippen LogP contribution in [0.1, 0.15) is 57.2 Å². The molecule has 23 heavy (non-hydrogen) atoms. The number of aliphatic hydroxyl groups excluding tert-OH is 1. The smallest absolute Gasteiger partial charge is 0.392 e. The molecular weight excluding hydrogens is 303 g/mol. The van der Waals surface area contributed by atoms with Crippen molar-refractivity contribution in [3.8, 4) is 0 Å². The Kier molecular flexibility index (Phi) is 9.49. The molecule has 0 aromatic heterocycles. The zero-order chi connectivity index (χ0) is 18.0. The van der Waals surface area contributed by atoms with Gasteiger partial charge in [0.2, 0.25) is 0 Å². The molecule has 0 saturated carbocycles. The molecule has 0 heterocycles. The summed E-state index contributed by atoms with van der Waals surface area (Å²) in [6.07, 6.45) is -0.865. The molecule has 1 N–H and O–H groups in total. The summed E-state index contributed by atoms with van der Waals surface area (Å²) in [7, 11) is 0. The highest BCUT2D eigenvalue weighted by molar-refractivity contribution is 6.00. The number of aliphatic hydroxyl groups is 1. The molecule has 0 atom stereocenters. The van der Waals surface area contributed by atoms with Gasteiger partial charge in [0.1, 0.15) is 5.70 Å². The minimum atomic E-state index is -4.45. The van der Waals surface area contributed by atoms with E-state index in [0.29, 0.717) is 11.3 Å². The Morgan fingerprint density at radius 3 is 2.13 bits per heavy atom. The summed E-state index contributed by atoms with van der Waals surface area (Å²) < 4.78 is 37.8. The standard InChI is InChI=1S/C14H16F3NO.C4H10/c1-4-13(14(15,16)17)18-10(3)12-6-5-11(8-19)7-9(12)2;1-3-4-2/h4-7,19H,8H2,1-3H3;3-4H2,1-2H3/b13-4-,18-10?;. The van der Waals surface area contributed by atoms with Crippen LogP contribution in [0.15, 0.2) is 35.0 Å². The zero-order valence-corrected chi connectivity index (χ0v) is 14.5. The van der Waals surface area contributed by atoms with Crippen molar-refractivity contribution in [3.05, 3.63) is 46.7 Å². The highest BCUT2D eigenvalue weighted by atomic mass is 19.4. The lowest BCUT2D eigenvalue weighted by Crippen LogP contribution is -2.12. The molecule has 5 heteroatoms. The van der Waals surface area contributed by atoms with E-state index in [2.05, 4.69) is 18.8 Å². The molecule has 0 unspecified atom stereocenters. The van der Waals surface area contributed by atoms with E-state index < -0.39 is 11.9 Å². The Hall–Kier alpha value is -1.62. The molecule has 1 rings (SSSR count). The van der Waals surface area contributed by atoms with Crippen LogP contribution >= 0.6 is 0 Å². The molecule has 0 spiro atoms. The summed E-state index contributed by atoms with van der Waals surface area (Å²) in [5, 5.41) is 8.99. The predicted octanol–water partition coefficient (Wildman–Crippen LogP) is 5.57. The van der Waals surface area contributed by atoms with E-state index in [0.717, 1.165) is 17.2 Å². The van der Waals surface area contributed by atoms with E-state index >= 15 is 0 Å². The second-order valence-electron chi connectivity index (χ2n) is 5.18. The summed E-state index contributed by atoms with van der Waals surface area (Å²) in [5.41, 5.74) is 1.53. The number of hydrogen-bond acceptors (Lipinski definition) is 2. The van der Waals surface area contributed by atoms with Gasteiger partial charge < -0.3 is 5.11 Å². The Labute approximate surface area is 136 Å². The van der Waals surface area contributed by atoms with Crippen LogP contribution in [0.4, 0.5) is 13.2 Å². The first kappa shape index (κ1) is 21.4. The third kappa shape index (κ3) is 7.46. The average molecular weight is 329 g/mol. The summed E-state index contributed by atoms with van der Waals surface area (Å²) in [5.74, 6) is 0. The molecule has 0 radical (unpaired) electrons. The Balaban J connectivity index is 0.00000108. The number of benzene rings is 1. The number of hydrogen-bond donors (Lipinski definition) is 1. The van der Waals surface area contributed by atoms with E-state index in [1.165, 1.54) is 26.7 Å². The second kappa shape index (κ2) is 10.2. The summed E-state index contributed by atoms with van der Waals surface area (Å²) in [4.78, 5) is 3.64. The van der Waals surface area contributed by atoms with Gasteiger partial charge in [0.15, 0.2) is 0 Å². The molecule has 1 aromatic rings. The third-order valence-electron chi connectivity index (χ3n) is 3.22. The van der Waals surface area contributed by atoms with Crippen LogP contribution in [0.2, 0.25) is 0 Å². The van der Waals surface area contributed by atoms with Crippen molar-refractivity contribution in [1.82, 2.24) is 0 Å². The lowest BCUT2D eigenvalue weighted by Gasteiger charge is -2.10. The van der Waals surface area contributed by atoms with Gasteiger partial charge in [0, 0.05) is 5.71 Å². The van der Waals surface area contributed by atoms with Crippen molar-refractivity contribution in [3.63, 3.8) is 0 Å². The second-order valence-corrected chi connectivity index (χ2v) is 5.18. The minimum absolute atomic E-state index is 0.0972. The van der Waals surface area contributed by atoms with Gasteiger partial charge >= 0.3 is 6.18 Å². The molecule has 0 aliphatic heterocycles. The SMILES string of the molecule is C/C=C(\N=C(C)c1ccc(CO)cc1C)C(F)(F)F.CCCC. The number of alkyl halides is 3. The van der Waals surface area contributed by atoms with E-state index in [1.54, 1.807) is 25.1 Å². The van der Waals surface area contributed by atoms with Gasteiger partial charge in [-0.15, -0.1) is 0 Å². The topological polar surface area (TPSA) is 32.6 Å². The monoisotopic (exact) mass is 329 g/mol. The van der Waals surface area contributed by atoms with Crippen LogP contribution in [0.3, 0.4) is 0 Å². The average Bonchev–Trinajstić information content (AvgIpc) is 2.51. The van der Waals surface area contributed by atoms with Crippen LogP contribution in [-0.4, -0.2) is 17.0 Å². The molecule has 130 valence electrons. The summed E-state index contributed by atoms with van der Waals surface area (Å²) >= 11 is 0. The van der Waals surface area contributed by atoms with Gasteiger partial charge in [-0.05, 0) is 37.5 Å². The fourth-order valence-corrected chi connectivity index (χ4v) is 1.76. The molecule has 0 aliphatic carbocycles. The number of nitrogens with zero attached hydrogens (tertiary/aromatic N) is 1. The number of aliphatic imine (C=N–C) groups is 1.